The van der Waals surface area contributed by atoms with E-state index in [1.54, 1.807) is 26.0 Å². The van der Waals surface area contributed by atoms with Gasteiger partial charge in [-0.1, -0.05) is 18.2 Å². The van der Waals surface area contributed by atoms with Crippen molar-refractivity contribution in [2.24, 2.45) is 0 Å². The molecule has 1 heterocycles. The van der Waals surface area contributed by atoms with Crippen LogP contribution in [0.3, 0.4) is 0 Å². The maximum atomic E-state index is 12.9. The van der Waals surface area contributed by atoms with Gasteiger partial charge in [-0.15, -0.1) is 10.2 Å². The van der Waals surface area contributed by atoms with Crippen LogP contribution in [0.4, 0.5) is 5.69 Å². The van der Waals surface area contributed by atoms with E-state index < -0.39 is 0 Å². The van der Waals surface area contributed by atoms with Crippen LogP contribution in [-0.2, 0) is 0 Å². The fourth-order valence-electron chi connectivity index (χ4n) is 3.39. The molecule has 4 rings (SSSR count). The van der Waals surface area contributed by atoms with Crippen molar-refractivity contribution in [2.45, 2.75) is 13.8 Å². The number of carbonyl (C=O) groups excluding carboxylic acids is 1. The van der Waals surface area contributed by atoms with Gasteiger partial charge in [0, 0.05) is 30.8 Å². The van der Waals surface area contributed by atoms with Crippen molar-refractivity contribution in [3.05, 3.63) is 83.7 Å². The highest BCUT2D eigenvalue weighted by Gasteiger charge is 2.15. The smallest absolute Gasteiger partial charge is 0.258 e. The molecule has 1 aromatic heterocycles. The Balaban J connectivity index is 1.58. The Hall–Kier alpha value is -3.93. The maximum absolute atomic E-state index is 12.9. The Morgan fingerprint density at radius 1 is 0.903 bits per heavy atom. The van der Waals surface area contributed by atoms with Crippen LogP contribution in [0.5, 0.6) is 5.75 Å². The van der Waals surface area contributed by atoms with Crippen molar-refractivity contribution in [1.29, 1.82) is 0 Å². The predicted molar refractivity (Wildman–Crippen MR) is 120 cm³/mol. The Morgan fingerprint density at radius 2 is 1.58 bits per heavy atom. The lowest BCUT2D eigenvalue weighted by Gasteiger charge is -2.18. The van der Waals surface area contributed by atoms with Crippen LogP contribution in [0.2, 0.25) is 0 Å². The largest absolute Gasteiger partial charge is 0.497 e. The Morgan fingerprint density at radius 3 is 2.19 bits per heavy atom. The van der Waals surface area contributed by atoms with Gasteiger partial charge in [-0.05, 0) is 72.1 Å². The van der Waals surface area contributed by atoms with Gasteiger partial charge in [-0.2, -0.15) is 0 Å². The van der Waals surface area contributed by atoms with Crippen molar-refractivity contribution in [1.82, 2.24) is 10.2 Å². The number of hydrogen-bond donors (Lipinski definition) is 0. The van der Waals surface area contributed by atoms with Gasteiger partial charge in [0.25, 0.3) is 5.91 Å². The summed E-state index contributed by atoms with van der Waals surface area (Å²) in [5.41, 5.74) is 5.46. The zero-order chi connectivity index (χ0) is 22.0. The van der Waals surface area contributed by atoms with Crippen LogP contribution in [0.25, 0.3) is 22.6 Å². The molecular formula is C25H23N3O3. The summed E-state index contributed by atoms with van der Waals surface area (Å²) < 4.78 is 10.7. The van der Waals surface area contributed by atoms with Crippen LogP contribution in [0, 0.1) is 13.8 Å². The lowest BCUT2D eigenvalue weighted by Crippen LogP contribution is -2.26. The zero-order valence-electron chi connectivity index (χ0n) is 17.9. The number of amides is 1. The molecule has 0 aliphatic carbocycles. The quantitative estimate of drug-likeness (QED) is 0.444. The fourth-order valence-corrected chi connectivity index (χ4v) is 3.39. The van der Waals surface area contributed by atoms with Crippen LogP contribution in [0.15, 0.2) is 71.1 Å². The van der Waals surface area contributed by atoms with Crippen LogP contribution < -0.4 is 9.64 Å². The summed E-state index contributed by atoms with van der Waals surface area (Å²) in [4.78, 5) is 14.5. The molecule has 31 heavy (non-hydrogen) atoms. The van der Waals surface area contributed by atoms with Gasteiger partial charge in [0.2, 0.25) is 11.8 Å². The van der Waals surface area contributed by atoms with Gasteiger partial charge < -0.3 is 14.1 Å². The molecule has 0 unspecified atom stereocenters. The minimum Gasteiger partial charge on any atom is -0.497 e. The first-order valence-corrected chi connectivity index (χ1v) is 9.90. The molecule has 4 aromatic rings. The van der Waals surface area contributed by atoms with Gasteiger partial charge in [0.15, 0.2) is 0 Å². The Bertz CT molecular complexity index is 1210. The summed E-state index contributed by atoms with van der Waals surface area (Å²) in [5.74, 6) is 1.69. The van der Waals surface area contributed by atoms with Crippen molar-refractivity contribution >= 4 is 11.6 Å². The molecule has 6 nitrogen and oxygen atoms in total. The summed E-state index contributed by atoms with van der Waals surface area (Å²) in [5, 5.41) is 8.01. The number of anilines is 1. The first-order chi connectivity index (χ1) is 15.0. The highest BCUT2D eigenvalue weighted by molar-refractivity contribution is 6.06. The molecule has 0 aliphatic heterocycles. The second kappa shape index (κ2) is 8.44. The molecule has 0 N–H and O–H groups in total. The molecule has 1 amide bonds. The van der Waals surface area contributed by atoms with E-state index in [4.69, 9.17) is 9.15 Å². The molecule has 0 bridgehead atoms. The average molecular weight is 413 g/mol. The van der Waals surface area contributed by atoms with E-state index in [0.717, 1.165) is 33.7 Å². The average Bonchev–Trinajstić information content (AvgIpc) is 3.25. The molecule has 6 heteroatoms. The molecule has 0 radical (unpaired) electrons. The number of methoxy groups -OCH3 is 1. The SMILES string of the molecule is COc1ccc(N(C)C(=O)c2ccc(-c3cc(-c4nnc(C)o4)ccc3C)cc2)cc1. The van der Waals surface area contributed by atoms with Crippen LogP contribution >= 0.6 is 0 Å². The number of ether oxygens (including phenoxy) is 1. The van der Waals surface area contributed by atoms with Crippen molar-refractivity contribution < 1.29 is 13.9 Å². The summed E-state index contributed by atoms with van der Waals surface area (Å²) in [7, 11) is 3.38. The second-order valence-electron chi connectivity index (χ2n) is 7.30. The van der Waals surface area contributed by atoms with Crippen molar-refractivity contribution in [2.75, 3.05) is 19.1 Å². The zero-order valence-corrected chi connectivity index (χ0v) is 17.9. The Labute approximate surface area is 181 Å². The minimum atomic E-state index is -0.0801. The number of aryl methyl sites for hydroxylation is 2. The van der Waals surface area contributed by atoms with Gasteiger partial charge in [0.05, 0.1) is 7.11 Å². The van der Waals surface area contributed by atoms with E-state index in [0.29, 0.717) is 17.3 Å². The van der Waals surface area contributed by atoms with Gasteiger partial charge in [-0.25, -0.2) is 0 Å². The van der Waals surface area contributed by atoms with Gasteiger partial charge in [0.1, 0.15) is 5.75 Å². The predicted octanol–water partition coefficient (Wildman–Crippen LogP) is 5.31. The Kier molecular flexibility index (Phi) is 5.54. The summed E-state index contributed by atoms with van der Waals surface area (Å²) in [6.45, 7) is 3.82. The molecule has 0 atom stereocenters. The first kappa shape index (κ1) is 20.3. The van der Waals surface area contributed by atoms with Gasteiger partial charge >= 0.3 is 0 Å². The highest BCUT2D eigenvalue weighted by Crippen LogP contribution is 2.29. The highest BCUT2D eigenvalue weighted by atomic mass is 16.5. The third kappa shape index (κ3) is 4.19. The van der Waals surface area contributed by atoms with E-state index in [9.17, 15) is 4.79 Å². The molecule has 0 spiro atoms. The number of rotatable bonds is 5. The van der Waals surface area contributed by atoms with E-state index in [-0.39, 0.29) is 5.91 Å². The normalized spacial score (nSPS) is 10.7. The first-order valence-electron chi connectivity index (χ1n) is 9.90. The van der Waals surface area contributed by atoms with E-state index in [1.165, 1.54) is 0 Å². The molecule has 3 aromatic carbocycles. The summed E-state index contributed by atoms with van der Waals surface area (Å²) in [6.07, 6.45) is 0. The molecule has 0 saturated carbocycles. The molecule has 0 fully saturated rings. The fraction of sp³-hybridized carbons (Fsp3) is 0.160. The summed E-state index contributed by atoms with van der Waals surface area (Å²) >= 11 is 0. The van der Waals surface area contributed by atoms with Crippen LogP contribution in [-0.4, -0.2) is 30.3 Å². The second-order valence-corrected chi connectivity index (χ2v) is 7.30. The van der Waals surface area contributed by atoms with Crippen molar-refractivity contribution in [3.8, 4) is 28.3 Å². The minimum absolute atomic E-state index is 0.0801. The molecule has 156 valence electrons. The lowest BCUT2D eigenvalue weighted by atomic mass is 9.97. The van der Waals surface area contributed by atoms with E-state index in [2.05, 4.69) is 17.1 Å². The maximum Gasteiger partial charge on any atom is 0.258 e. The number of aromatic nitrogens is 2. The molecular weight excluding hydrogens is 390 g/mol. The summed E-state index contributed by atoms with van der Waals surface area (Å²) in [6, 6.07) is 21.0. The standard InChI is InChI=1S/C25H23N3O3/c1-16-5-6-20(24-27-26-17(2)31-24)15-23(16)18-7-9-19(10-8-18)25(29)28(3)21-11-13-22(30-4)14-12-21/h5-15H,1-4H3. The topological polar surface area (TPSA) is 68.5 Å². The lowest BCUT2D eigenvalue weighted by molar-refractivity contribution is 0.0993. The third-order valence-corrected chi connectivity index (χ3v) is 5.22. The molecule has 0 aliphatic rings. The van der Waals surface area contributed by atoms with E-state index >= 15 is 0 Å². The molecule has 0 saturated heterocycles. The number of hydrogen-bond acceptors (Lipinski definition) is 5. The van der Waals surface area contributed by atoms with Gasteiger partial charge in [-0.3, -0.25) is 4.79 Å². The third-order valence-electron chi connectivity index (χ3n) is 5.22. The number of carbonyl (C=O) groups is 1. The van der Waals surface area contributed by atoms with Crippen LogP contribution in [0.1, 0.15) is 21.8 Å². The number of nitrogens with zero attached hydrogens (tertiary/aromatic N) is 3. The monoisotopic (exact) mass is 413 g/mol. The van der Waals surface area contributed by atoms with E-state index in [1.807, 2.05) is 66.7 Å². The number of benzene rings is 3. The van der Waals surface area contributed by atoms with Crippen molar-refractivity contribution in [3.63, 3.8) is 0 Å².